The first-order valence-electron chi connectivity index (χ1n) is 9.77. The number of aromatic nitrogens is 1. The van der Waals surface area contributed by atoms with Crippen LogP contribution in [0.2, 0.25) is 0 Å². The maximum absolute atomic E-state index is 12.6. The van der Waals surface area contributed by atoms with Crippen LogP contribution in [0.1, 0.15) is 18.4 Å². The van der Waals surface area contributed by atoms with E-state index in [0.717, 1.165) is 42.1 Å². The number of para-hydroxylation sites is 1. The molecule has 152 valence electrons. The van der Waals surface area contributed by atoms with Gasteiger partial charge in [-0.2, -0.15) is 0 Å². The minimum Gasteiger partial charge on any atom is -0.493 e. The van der Waals surface area contributed by atoms with E-state index in [0.29, 0.717) is 17.9 Å². The summed E-state index contributed by atoms with van der Waals surface area (Å²) in [6.45, 7) is 1.76. The molecule has 4 rings (SSSR count). The molecule has 0 spiro atoms. The zero-order valence-electron chi connectivity index (χ0n) is 16.7. The Balaban J connectivity index is 1.38. The van der Waals surface area contributed by atoms with Crippen molar-refractivity contribution in [1.82, 2.24) is 10.3 Å². The van der Waals surface area contributed by atoms with E-state index in [1.807, 2.05) is 36.4 Å². The molecule has 1 aliphatic rings. The third-order valence-corrected chi connectivity index (χ3v) is 6.25. The molecule has 1 fully saturated rings. The maximum atomic E-state index is 12.6. The molecule has 1 atom stereocenters. The number of nitrogens with one attached hydrogen (secondary N) is 1. The Morgan fingerprint density at radius 3 is 2.83 bits per heavy atom. The van der Waals surface area contributed by atoms with Gasteiger partial charge < -0.3 is 19.7 Å². The molecule has 7 heteroatoms. The number of nitrogens with zero attached hydrogens (tertiary/aromatic N) is 2. The molecule has 29 heavy (non-hydrogen) atoms. The Labute approximate surface area is 174 Å². The fraction of sp³-hybridized carbons (Fsp3) is 0.364. The lowest BCUT2D eigenvalue weighted by atomic mass is 10.1. The molecule has 0 radical (unpaired) electrons. The van der Waals surface area contributed by atoms with Crippen molar-refractivity contribution < 1.29 is 14.3 Å². The average molecular weight is 412 g/mol. The molecule has 0 aliphatic carbocycles. The van der Waals surface area contributed by atoms with Crippen LogP contribution >= 0.6 is 11.3 Å². The predicted molar refractivity (Wildman–Crippen MR) is 116 cm³/mol. The van der Waals surface area contributed by atoms with Gasteiger partial charge in [-0.3, -0.25) is 4.79 Å². The first-order valence-corrected chi connectivity index (χ1v) is 10.6. The molecule has 1 aliphatic heterocycles. The van der Waals surface area contributed by atoms with Gasteiger partial charge >= 0.3 is 0 Å². The molecule has 2 heterocycles. The summed E-state index contributed by atoms with van der Waals surface area (Å²) in [5, 5.41) is 4.22. The number of carbonyl (C=O) groups excluding carboxylic acids is 1. The van der Waals surface area contributed by atoms with Crippen LogP contribution in [0.5, 0.6) is 11.5 Å². The van der Waals surface area contributed by atoms with E-state index in [4.69, 9.17) is 14.5 Å². The fourth-order valence-electron chi connectivity index (χ4n) is 3.72. The minimum absolute atomic E-state index is 0.0216. The van der Waals surface area contributed by atoms with Crippen LogP contribution in [0, 0.1) is 0 Å². The molecule has 3 aromatic rings. The van der Waals surface area contributed by atoms with Gasteiger partial charge in [-0.05, 0) is 42.7 Å². The summed E-state index contributed by atoms with van der Waals surface area (Å²) < 4.78 is 11.8. The monoisotopic (exact) mass is 411 g/mol. The summed E-state index contributed by atoms with van der Waals surface area (Å²) in [5.74, 6) is 1.32. The van der Waals surface area contributed by atoms with Crippen LogP contribution in [0.15, 0.2) is 42.5 Å². The molecule has 1 unspecified atom stereocenters. The van der Waals surface area contributed by atoms with E-state index in [2.05, 4.69) is 16.3 Å². The zero-order valence-corrected chi connectivity index (χ0v) is 17.5. The van der Waals surface area contributed by atoms with Gasteiger partial charge in [0.15, 0.2) is 16.6 Å². The minimum atomic E-state index is 0.0216. The van der Waals surface area contributed by atoms with Crippen LogP contribution in [-0.2, 0) is 11.2 Å². The van der Waals surface area contributed by atoms with E-state index in [-0.39, 0.29) is 11.9 Å². The molecular weight excluding hydrogens is 386 g/mol. The number of rotatable bonds is 6. The topological polar surface area (TPSA) is 63.7 Å². The third-order valence-electron chi connectivity index (χ3n) is 5.15. The highest BCUT2D eigenvalue weighted by molar-refractivity contribution is 7.22. The van der Waals surface area contributed by atoms with Crippen LogP contribution < -0.4 is 19.7 Å². The molecule has 0 bridgehead atoms. The van der Waals surface area contributed by atoms with Gasteiger partial charge in [0.25, 0.3) is 0 Å². The number of piperidine rings is 1. The number of ether oxygens (including phenoxy) is 2. The van der Waals surface area contributed by atoms with E-state index in [1.54, 1.807) is 25.6 Å². The smallest absolute Gasteiger partial charge is 0.224 e. The Bertz CT molecular complexity index is 971. The van der Waals surface area contributed by atoms with Gasteiger partial charge in [-0.25, -0.2) is 4.98 Å². The Morgan fingerprint density at radius 1 is 1.21 bits per heavy atom. The zero-order chi connectivity index (χ0) is 20.2. The average Bonchev–Trinajstić information content (AvgIpc) is 3.18. The van der Waals surface area contributed by atoms with Gasteiger partial charge in [-0.15, -0.1) is 0 Å². The van der Waals surface area contributed by atoms with Crippen LogP contribution in [0.25, 0.3) is 10.2 Å². The third kappa shape index (κ3) is 4.45. The van der Waals surface area contributed by atoms with Gasteiger partial charge in [0.1, 0.15) is 0 Å². The predicted octanol–water partition coefficient (Wildman–Crippen LogP) is 3.64. The largest absolute Gasteiger partial charge is 0.493 e. The SMILES string of the molecule is COc1ccc(CC(=O)NC2CCCN(c3nc4ccccc4s3)C2)cc1OC. The number of benzene rings is 2. The standard InChI is InChI=1S/C22H25N3O3S/c1-27-18-10-9-15(12-19(18)28-2)13-21(26)23-16-6-5-11-25(14-16)22-24-17-7-3-4-8-20(17)29-22/h3-4,7-10,12,16H,5-6,11,13-14H2,1-2H3,(H,23,26). The lowest BCUT2D eigenvalue weighted by Gasteiger charge is -2.33. The highest BCUT2D eigenvalue weighted by Crippen LogP contribution is 2.30. The van der Waals surface area contributed by atoms with Gasteiger partial charge in [-0.1, -0.05) is 29.5 Å². The lowest BCUT2D eigenvalue weighted by molar-refractivity contribution is -0.121. The number of methoxy groups -OCH3 is 2. The van der Waals surface area contributed by atoms with Crippen molar-refractivity contribution in [3.05, 3.63) is 48.0 Å². The van der Waals surface area contributed by atoms with Gasteiger partial charge in [0.05, 0.1) is 30.9 Å². The van der Waals surface area contributed by atoms with Gasteiger partial charge in [0.2, 0.25) is 5.91 Å². The van der Waals surface area contributed by atoms with Gasteiger partial charge in [0, 0.05) is 19.1 Å². The summed E-state index contributed by atoms with van der Waals surface area (Å²) in [5.41, 5.74) is 1.94. The van der Waals surface area contributed by atoms with Crippen molar-refractivity contribution in [2.75, 3.05) is 32.2 Å². The summed E-state index contributed by atoms with van der Waals surface area (Å²) in [6.07, 6.45) is 2.34. The van der Waals surface area contributed by atoms with Crippen molar-refractivity contribution in [2.24, 2.45) is 0 Å². The fourth-order valence-corrected chi connectivity index (χ4v) is 4.72. The number of hydrogen-bond acceptors (Lipinski definition) is 6. The van der Waals surface area contributed by atoms with E-state index >= 15 is 0 Å². The summed E-state index contributed by atoms with van der Waals surface area (Å²) in [6, 6.07) is 13.9. The molecule has 1 aromatic heterocycles. The number of carbonyl (C=O) groups is 1. The quantitative estimate of drug-likeness (QED) is 0.671. The van der Waals surface area contributed by atoms with Crippen molar-refractivity contribution in [1.29, 1.82) is 0 Å². The second kappa shape index (κ2) is 8.69. The van der Waals surface area contributed by atoms with E-state index in [1.165, 1.54) is 4.70 Å². The lowest BCUT2D eigenvalue weighted by Crippen LogP contribution is -2.48. The second-order valence-corrected chi connectivity index (χ2v) is 8.19. The van der Waals surface area contributed by atoms with E-state index in [9.17, 15) is 4.79 Å². The normalized spacial score (nSPS) is 16.6. The summed E-state index contributed by atoms with van der Waals surface area (Å²) in [4.78, 5) is 19.7. The van der Waals surface area contributed by atoms with Crippen molar-refractivity contribution >= 4 is 32.6 Å². The molecule has 6 nitrogen and oxygen atoms in total. The van der Waals surface area contributed by atoms with Crippen LogP contribution in [0.3, 0.4) is 0 Å². The highest BCUT2D eigenvalue weighted by Gasteiger charge is 2.23. The Kier molecular flexibility index (Phi) is 5.85. The molecule has 0 saturated carbocycles. The first-order chi connectivity index (χ1) is 14.2. The highest BCUT2D eigenvalue weighted by atomic mass is 32.1. The molecule has 1 amide bonds. The number of anilines is 1. The molecule has 1 saturated heterocycles. The number of fused-ring (bicyclic) bond motifs is 1. The van der Waals surface area contributed by atoms with Crippen LogP contribution in [-0.4, -0.2) is 44.2 Å². The first kappa shape index (κ1) is 19.5. The number of amides is 1. The molecular formula is C22H25N3O3S. The summed E-state index contributed by atoms with van der Waals surface area (Å²) >= 11 is 1.71. The Hall–Kier alpha value is -2.80. The molecule has 2 aromatic carbocycles. The maximum Gasteiger partial charge on any atom is 0.224 e. The summed E-state index contributed by atoms with van der Waals surface area (Å²) in [7, 11) is 3.20. The Morgan fingerprint density at radius 2 is 2.03 bits per heavy atom. The van der Waals surface area contributed by atoms with E-state index < -0.39 is 0 Å². The van der Waals surface area contributed by atoms with Crippen LogP contribution in [0.4, 0.5) is 5.13 Å². The van der Waals surface area contributed by atoms with Crippen molar-refractivity contribution in [3.8, 4) is 11.5 Å². The second-order valence-electron chi connectivity index (χ2n) is 7.18. The molecule has 1 N–H and O–H groups in total. The van der Waals surface area contributed by atoms with Crippen molar-refractivity contribution in [2.45, 2.75) is 25.3 Å². The number of hydrogen-bond donors (Lipinski definition) is 1. The van der Waals surface area contributed by atoms with Crippen molar-refractivity contribution in [3.63, 3.8) is 0 Å². The number of thiazole rings is 1.